The Labute approximate surface area is 158 Å². The van der Waals surface area contributed by atoms with Crippen LogP contribution in [-0.4, -0.2) is 24.4 Å². The highest BCUT2D eigenvalue weighted by Gasteiger charge is 2.28. The van der Waals surface area contributed by atoms with Crippen molar-refractivity contribution in [1.29, 1.82) is 0 Å². The largest absolute Gasteiger partial charge is 0.354 e. The lowest BCUT2D eigenvalue weighted by molar-refractivity contribution is -0.132. The molecule has 0 aliphatic heterocycles. The zero-order valence-electron chi connectivity index (χ0n) is 16.5. The van der Waals surface area contributed by atoms with Crippen molar-refractivity contribution in [2.45, 2.75) is 71.3 Å². The van der Waals surface area contributed by atoms with Crippen LogP contribution in [-0.2, 0) is 9.59 Å². The van der Waals surface area contributed by atoms with Gasteiger partial charge in [0.15, 0.2) is 0 Å². The Hall–Kier alpha value is -1.84. The SMILES string of the molecule is CCC(CNC(=O)C(NC(=O)C1CCCCC1)C(C)C)c1ccccc1. The van der Waals surface area contributed by atoms with Crippen molar-refractivity contribution in [3.63, 3.8) is 0 Å². The minimum atomic E-state index is -0.460. The van der Waals surface area contributed by atoms with Gasteiger partial charge in [-0.05, 0) is 30.7 Å². The van der Waals surface area contributed by atoms with Gasteiger partial charge in [-0.25, -0.2) is 0 Å². The van der Waals surface area contributed by atoms with Gasteiger partial charge in [-0.3, -0.25) is 9.59 Å². The number of carbonyl (C=O) groups excluding carboxylic acids is 2. The Bertz CT molecular complexity index is 565. The number of rotatable bonds is 8. The molecule has 1 aromatic rings. The zero-order valence-corrected chi connectivity index (χ0v) is 16.5. The van der Waals surface area contributed by atoms with E-state index in [1.165, 1.54) is 12.0 Å². The summed E-state index contributed by atoms with van der Waals surface area (Å²) >= 11 is 0. The van der Waals surface area contributed by atoms with Crippen LogP contribution in [0.3, 0.4) is 0 Å². The van der Waals surface area contributed by atoms with Crippen LogP contribution in [0.15, 0.2) is 30.3 Å². The quantitative estimate of drug-likeness (QED) is 0.737. The predicted molar refractivity (Wildman–Crippen MR) is 106 cm³/mol. The van der Waals surface area contributed by atoms with E-state index in [0.717, 1.165) is 32.1 Å². The summed E-state index contributed by atoms with van der Waals surface area (Å²) in [6.45, 7) is 6.70. The van der Waals surface area contributed by atoms with Crippen molar-refractivity contribution in [2.75, 3.05) is 6.54 Å². The molecule has 0 spiro atoms. The second kappa shape index (κ2) is 10.3. The number of amides is 2. The average Bonchev–Trinajstić information content (AvgIpc) is 2.67. The highest BCUT2D eigenvalue weighted by atomic mass is 16.2. The zero-order chi connectivity index (χ0) is 18.9. The Kier molecular flexibility index (Phi) is 8.14. The van der Waals surface area contributed by atoms with E-state index in [2.05, 4.69) is 29.7 Å². The van der Waals surface area contributed by atoms with Crippen LogP contribution in [0.2, 0.25) is 0 Å². The molecule has 1 aromatic carbocycles. The first-order valence-corrected chi connectivity index (χ1v) is 10.2. The van der Waals surface area contributed by atoms with Gasteiger partial charge in [0, 0.05) is 18.4 Å². The molecule has 0 saturated heterocycles. The Morgan fingerprint density at radius 2 is 1.73 bits per heavy atom. The van der Waals surface area contributed by atoms with E-state index in [0.29, 0.717) is 12.5 Å². The van der Waals surface area contributed by atoms with Gasteiger partial charge < -0.3 is 10.6 Å². The molecule has 2 unspecified atom stereocenters. The summed E-state index contributed by atoms with van der Waals surface area (Å²) in [4.78, 5) is 25.3. The lowest BCUT2D eigenvalue weighted by Gasteiger charge is -2.27. The summed E-state index contributed by atoms with van der Waals surface area (Å²) in [6.07, 6.45) is 6.31. The molecule has 1 aliphatic rings. The number of nitrogens with one attached hydrogen (secondary N) is 2. The highest BCUT2D eigenvalue weighted by Crippen LogP contribution is 2.24. The van der Waals surface area contributed by atoms with Crippen LogP contribution >= 0.6 is 0 Å². The minimum absolute atomic E-state index is 0.0497. The molecule has 0 radical (unpaired) electrons. The molecule has 1 fully saturated rings. The maximum absolute atomic E-state index is 12.7. The van der Waals surface area contributed by atoms with E-state index in [9.17, 15) is 9.59 Å². The fourth-order valence-corrected chi connectivity index (χ4v) is 3.73. The summed E-state index contributed by atoms with van der Waals surface area (Å²) in [7, 11) is 0. The van der Waals surface area contributed by atoms with Crippen LogP contribution in [0.4, 0.5) is 0 Å². The number of carbonyl (C=O) groups is 2. The van der Waals surface area contributed by atoms with E-state index in [1.807, 2.05) is 32.0 Å². The van der Waals surface area contributed by atoms with Gasteiger partial charge >= 0.3 is 0 Å². The first-order valence-electron chi connectivity index (χ1n) is 10.2. The monoisotopic (exact) mass is 358 g/mol. The molecule has 2 rings (SSSR count). The van der Waals surface area contributed by atoms with E-state index in [4.69, 9.17) is 0 Å². The van der Waals surface area contributed by atoms with Gasteiger partial charge in [-0.1, -0.05) is 70.4 Å². The number of hydrogen-bond acceptors (Lipinski definition) is 2. The summed E-state index contributed by atoms with van der Waals surface area (Å²) in [5, 5.41) is 6.08. The maximum Gasteiger partial charge on any atom is 0.242 e. The van der Waals surface area contributed by atoms with Crippen molar-refractivity contribution in [3.05, 3.63) is 35.9 Å². The van der Waals surface area contributed by atoms with Crippen LogP contribution in [0.1, 0.15) is 70.8 Å². The molecular formula is C22H34N2O2. The summed E-state index contributed by atoms with van der Waals surface area (Å²) in [6, 6.07) is 9.81. The number of benzene rings is 1. The van der Waals surface area contributed by atoms with Crippen LogP contribution in [0, 0.1) is 11.8 Å². The summed E-state index contributed by atoms with van der Waals surface area (Å²) in [5.74, 6) is 0.416. The van der Waals surface area contributed by atoms with E-state index in [-0.39, 0.29) is 23.7 Å². The van der Waals surface area contributed by atoms with Crippen LogP contribution in [0.5, 0.6) is 0 Å². The van der Waals surface area contributed by atoms with E-state index in [1.54, 1.807) is 0 Å². The van der Waals surface area contributed by atoms with Crippen molar-refractivity contribution in [3.8, 4) is 0 Å². The van der Waals surface area contributed by atoms with Crippen molar-refractivity contribution in [1.82, 2.24) is 10.6 Å². The average molecular weight is 359 g/mol. The molecule has 144 valence electrons. The van der Waals surface area contributed by atoms with Crippen LogP contribution in [0.25, 0.3) is 0 Å². The molecule has 0 heterocycles. The molecule has 1 aliphatic carbocycles. The van der Waals surface area contributed by atoms with Gasteiger partial charge in [0.2, 0.25) is 11.8 Å². The van der Waals surface area contributed by atoms with E-state index < -0.39 is 6.04 Å². The van der Waals surface area contributed by atoms with Crippen molar-refractivity contribution >= 4 is 11.8 Å². The number of hydrogen-bond donors (Lipinski definition) is 2. The molecule has 2 atom stereocenters. The molecule has 4 heteroatoms. The first-order chi connectivity index (χ1) is 12.5. The fraction of sp³-hybridized carbons (Fsp3) is 0.636. The molecular weight excluding hydrogens is 324 g/mol. The molecule has 0 bridgehead atoms. The summed E-state index contributed by atoms with van der Waals surface area (Å²) < 4.78 is 0. The third-order valence-corrected chi connectivity index (χ3v) is 5.51. The molecule has 2 amide bonds. The normalized spacial score (nSPS) is 17.5. The summed E-state index contributed by atoms with van der Waals surface area (Å²) in [5.41, 5.74) is 1.24. The van der Waals surface area contributed by atoms with Gasteiger partial charge in [-0.15, -0.1) is 0 Å². The first kappa shape index (κ1) is 20.5. The third-order valence-electron chi connectivity index (χ3n) is 5.51. The molecule has 1 saturated carbocycles. The molecule has 0 aromatic heterocycles. The lowest BCUT2D eigenvalue weighted by Crippen LogP contribution is -2.51. The second-order valence-corrected chi connectivity index (χ2v) is 7.83. The highest BCUT2D eigenvalue weighted by molar-refractivity contribution is 5.88. The lowest BCUT2D eigenvalue weighted by atomic mass is 9.88. The Morgan fingerprint density at radius 3 is 2.31 bits per heavy atom. The van der Waals surface area contributed by atoms with Crippen molar-refractivity contribution < 1.29 is 9.59 Å². The van der Waals surface area contributed by atoms with Gasteiger partial charge in [0.1, 0.15) is 6.04 Å². The Morgan fingerprint density at radius 1 is 1.08 bits per heavy atom. The molecule has 26 heavy (non-hydrogen) atoms. The molecule has 2 N–H and O–H groups in total. The maximum atomic E-state index is 12.7. The van der Waals surface area contributed by atoms with Crippen molar-refractivity contribution in [2.24, 2.45) is 11.8 Å². The predicted octanol–water partition coefficient (Wildman–Crippen LogP) is 4.02. The topological polar surface area (TPSA) is 58.2 Å². The fourth-order valence-electron chi connectivity index (χ4n) is 3.73. The van der Waals surface area contributed by atoms with Gasteiger partial charge in [-0.2, -0.15) is 0 Å². The third kappa shape index (κ3) is 5.86. The minimum Gasteiger partial charge on any atom is -0.354 e. The van der Waals surface area contributed by atoms with Crippen LogP contribution < -0.4 is 10.6 Å². The Balaban J connectivity index is 1.91. The standard InChI is InChI=1S/C22H34N2O2/c1-4-17(18-11-7-5-8-12-18)15-23-22(26)20(16(2)3)24-21(25)19-13-9-6-10-14-19/h5,7-8,11-12,16-17,19-20H,4,6,9-10,13-15H2,1-3H3,(H,23,26)(H,24,25). The smallest absolute Gasteiger partial charge is 0.242 e. The molecule has 4 nitrogen and oxygen atoms in total. The van der Waals surface area contributed by atoms with E-state index >= 15 is 0 Å². The van der Waals surface area contributed by atoms with Gasteiger partial charge in [0.25, 0.3) is 0 Å². The van der Waals surface area contributed by atoms with Gasteiger partial charge in [0.05, 0.1) is 0 Å². The second-order valence-electron chi connectivity index (χ2n) is 7.83.